The maximum atomic E-state index is 5.50. The van der Waals surface area contributed by atoms with E-state index in [0.29, 0.717) is 18.5 Å². The summed E-state index contributed by atoms with van der Waals surface area (Å²) in [5.41, 5.74) is 0. The molecule has 2 heterocycles. The maximum Gasteiger partial charge on any atom is 0.319 e. The smallest absolute Gasteiger partial charge is 0.319 e. The predicted molar refractivity (Wildman–Crippen MR) is 67.5 cm³/mol. The van der Waals surface area contributed by atoms with E-state index in [0.717, 1.165) is 11.0 Å². The Morgan fingerprint density at radius 3 is 2.88 bits per heavy atom. The van der Waals surface area contributed by atoms with Gasteiger partial charge in [-0.05, 0) is 41.9 Å². The Balaban J connectivity index is 1.81. The molecule has 0 unspecified atom stereocenters. The maximum absolute atomic E-state index is 5.50. The van der Waals surface area contributed by atoms with Gasteiger partial charge in [0.1, 0.15) is 6.61 Å². The standard InChI is InChI=1S/C11H16BrN3O2/c1-16-10-9(12)8-13-11(14-10)17-7-6-15-4-2-3-5-15/h8H,2-7H2,1H3. The van der Waals surface area contributed by atoms with Crippen molar-refractivity contribution in [2.75, 3.05) is 33.4 Å². The lowest BCUT2D eigenvalue weighted by molar-refractivity contribution is 0.223. The predicted octanol–water partition coefficient (Wildman–Crippen LogP) is 1.72. The van der Waals surface area contributed by atoms with Gasteiger partial charge in [-0.2, -0.15) is 4.98 Å². The third kappa shape index (κ3) is 3.54. The molecule has 94 valence electrons. The molecule has 0 aliphatic carbocycles. The zero-order chi connectivity index (χ0) is 12.1. The molecular formula is C11H16BrN3O2. The van der Waals surface area contributed by atoms with Crippen molar-refractivity contribution in [3.63, 3.8) is 0 Å². The van der Waals surface area contributed by atoms with E-state index in [1.54, 1.807) is 13.3 Å². The minimum absolute atomic E-state index is 0.365. The fourth-order valence-corrected chi connectivity index (χ4v) is 2.17. The molecule has 2 rings (SSSR count). The van der Waals surface area contributed by atoms with Gasteiger partial charge in [0.25, 0.3) is 0 Å². The fourth-order valence-electron chi connectivity index (χ4n) is 1.82. The van der Waals surface area contributed by atoms with E-state index in [-0.39, 0.29) is 0 Å². The van der Waals surface area contributed by atoms with E-state index in [9.17, 15) is 0 Å². The summed E-state index contributed by atoms with van der Waals surface area (Å²) >= 11 is 3.30. The van der Waals surface area contributed by atoms with Gasteiger partial charge in [-0.15, -0.1) is 0 Å². The Hall–Kier alpha value is -0.880. The average Bonchev–Trinajstić information content (AvgIpc) is 2.84. The zero-order valence-corrected chi connectivity index (χ0v) is 11.4. The zero-order valence-electron chi connectivity index (χ0n) is 9.86. The highest BCUT2D eigenvalue weighted by Crippen LogP contribution is 2.22. The number of nitrogens with zero attached hydrogens (tertiary/aromatic N) is 3. The molecule has 1 fully saturated rings. The molecule has 0 spiro atoms. The number of hydrogen-bond donors (Lipinski definition) is 0. The number of aromatic nitrogens is 2. The molecule has 1 aliphatic rings. The van der Waals surface area contributed by atoms with E-state index < -0.39 is 0 Å². The molecular weight excluding hydrogens is 286 g/mol. The van der Waals surface area contributed by atoms with Gasteiger partial charge in [0, 0.05) is 6.54 Å². The Labute approximate surface area is 109 Å². The van der Waals surface area contributed by atoms with Crippen LogP contribution in [0.15, 0.2) is 10.7 Å². The van der Waals surface area contributed by atoms with Gasteiger partial charge in [0.05, 0.1) is 17.8 Å². The van der Waals surface area contributed by atoms with Crippen LogP contribution < -0.4 is 9.47 Å². The number of methoxy groups -OCH3 is 1. The first-order chi connectivity index (χ1) is 8.29. The van der Waals surface area contributed by atoms with E-state index in [1.807, 2.05) is 0 Å². The first kappa shape index (κ1) is 12.6. The second kappa shape index (κ2) is 6.16. The summed E-state index contributed by atoms with van der Waals surface area (Å²) < 4.78 is 11.3. The largest absolute Gasteiger partial charge is 0.480 e. The third-order valence-corrected chi connectivity index (χ3v) is 3.26. The van der Waals surface area contributed by atoms with Crippen molar-refractivity contribution in [2.45, 2.75) is 12.8 Å². The van der Waals surface area contributed by atoms with Crippen LogP contribution >= 0.6 is 15.9 Å². The van der Waals surface area contributed by atoms with Gasteiger partial charge in [-0.3, -0.25) is 4.90 Å². The van der Waals surface area contributed by atoms with E-state index in [1.165, 1.54) is 25.9 Å². The van der Waals surface area contributed by atoms with Crippen molar-refractivity contribution in [3.8, 4) is 11.9 Å². The molecule has 5 nitrogen and oxygen atoms in total. The van der Waals surface area contributed by atoms with Gasteiger partial charge in [-0.1, -0.05) is 0 Å². The van der Waals surface area contributed by atoms with Crippen LogP contribution in [0.3, 0.4) is 0 Å². The highest BCUT2D eigenvalue weighted by Gasteiger charge is 2.11. The highest BCUT2D eigenvalue weighted by atomic mass is 79.9. The molecule has 1 aliphatic heterocycles. The van der Waals surface area contributed by atoms with E-state index >= 15 is 0 Å². The van der Waals surface area contributed by atoms with E-state index in [4.69, 9.17) is 9.47 Å². The molecule has 1 aromatic rings. The van der Waals surface area contributed by atoms with Crippen LogP contribution in [0.1, 0.15) is 12.8 Å². The van der Waals surface area contributed by atoms with Crippen molar-refractivity contribution in [1.29, 1.82) is 0 Å². The van der Waals surface area contributed by atoms with Crippen LogP contribution in [0, 0.1) is 0 Å². The summed E-state index contributed by atoms with van der Waals surface area (Å²) in [6.07, 6.45) is 4.22. The second-order valence-electron chi connectivity index (χ2n) is 3.91. The Morgan fingerprint density at radius 1 is 1.41 bits per heavy atom. The molecule has 0 atom stereocenters. The quantitative estimate of drug-likeness (QED) is 0.829. The van der Waals surface area contributed by atoms with Crippen LogP contribution in [0.25, 0.3) is 0 Å². The summed E-state index contributed by atoms with van der Waals surface area (Å²) in [7, 11) is 1.57. The Bertz CT molecular complexity index is 370. The molecule has 1 saturated heterocycles. The molecule has 0 N–H and O–H groups in total. The summed E-state index contributed by atoms with van der Waals surface area (Å²) in [6.45, 7) is 3.90. The molecule has 6 heteroatoms. The Kier molecular flexibility index (Phi) is 4.56. The number of likely N-dealkylation sites (tertiary alicyclic amines) is 1. The van der Waals surface area contributed by atoms with E-state index in [2.05, 4.69) is 30.8 Å². The van der Waals surface area contributed by atoms with Crippen LogP contribution in [-0.4, -0.2) is 48.2 Å². The molecule has 1 aromatic heterocycles. The normalized spacial score (nSPS) is 16.1. The van der Waals surface area contributed by atoms with Gasteiger partial charge in [0.15, 0.2) is 0 Å². The lowest BCUT2D eigenvalue weighted by Crippen LogP contribution is -2.25. The molecule has 0 amide bonds. The van der Waals surface area contributed by atoms with Gasteiger partial charge < -0.3 is 9.47 Å². The number of rotatable bonds is 5. The number of ether oxygens (including phenoxy) is 2. The topological polar surface area (TPSA) is 47.5 Å². The third-order valence-electron chi connectivity index (χ3n) is 2.72. The van der Waals surface area contributed by atoms with Crippen molar-refractivity contribution < 1.29 is 9.47 Å². The molecule has 0 aromatic carbocycles. The summed E-state index contributed by atoms with van der Waals surface area (Å²) in [5, 5.41) is 0. The average molecular weight is 302 g/mol. The second-order valence-corrected chi connectivity index (χ2v) is 4.76. The first-order valence-electron chi connectivity index (χ1n) is 5.71. The SMILES string of the molecule is COc1nc(OCCN2CCCC2)ncc1Br. The van der Waals surface area contributed by atoms with Crippen LogP contribution in [0.4, 0.5) is 0 Å². The monoisotopic (exact) mass is 301 g/mol. The van der Waals surface area contributed by atoms with Crippen molar-refractivity contribution in [2.24, 2.45) is 0 Å². The lowest BCUT2D eigenvalue weighted by Gasteiger charge is -2.14. The highest BCUT2D eigenvalue weighted by molar-refractivity contribution is 9.10. The Morgan fingerprint density at radius 2 is 2.18 bits per heavy atom. The van der Waals surface area contributed by atoms with Crippen LogP contribution in [-0.2, 0) is 0 Å². The number of hydrogen-bond acceptors (Lipinski definition) is 5. The van der Waals surface area contributed by atoms with Crippen molar-refractivity contribution in [1.82, 2.24) is 14.9 Å². The van der Waals surface area contributed by atoms with Gasteiger partial charge in [0.2, 0.25) is 5.88 Å². The van der Waals surface area contributed by atoms with Crippen molar-refractivity contribution in [3.05, 3.63) is 10.7 Å². The molecule has 0 radical (unpaired) electrons. The summed E-state index contributed by atoms with van der Waals surface area (Å²) in [5.74, 6) is 0.496. The molecule has 17 heavy (non-hydrogen) atoms. The van der Waals surface area contributed by atoms with Crippen LogP contribution in [0.2, 0.25) is 0 Å². The van der Waals surface area contributed by atoms with Crippen LogP contribution in [0.5, 0.6) is 11.9 Å². The molecule has 0 saturated carbocycles. The van der Waals surface area contributed by atoms with Crippen molar-refractivity contribution >= 4 is 15.9 Å². The first-order valence-corrected chi connectivity index (χ1v) is 6.50. The minimum Gasteiger partial charge on any atom is -0.480 e. The van der Waals surface area contributed by atoms with Gasteiger partial charge >= 0.3 is 6.01 Å². The summed E-state index contributed by atoms with van der Waals surface area (Å²) in [6, 6.07) is 0.365. The molecule has 0 bridgehead atoms. The lowest BCUT2D eigenvalue weighted by atomic mass is 10.4. The number of halogens is 1. The van der Waals surface area contributed by atoms with Gasteiger partial charge in [-0.25, -0.2) is 4.98 Å². The fraction of sp³-hybridized carbons (Fsp3) is 0.636. The summed E-state index contributed by atoms with van der Waals surface area (Å²) in [4.78, 5) is 10.6. The minimum atomic E-state index is 0.365.